The minimum atomic E-state index is -1.38. The highest BCUT2D eigenvalue weighted by Gasteiger charge is 2.37. The van der Waals surface area contributed by atoms with E-state index in [1.54, 1.807) is 54.0 Å². The Morgan fingerprint density at radius 3 is 2.53 bits per heavy atom. The predicted molar refractivity (Wildman–Crippen MR) is 112 cm³/mol. The maximum Gasteiger partial charge on any atom is 0.256 e. The summed E-state index contributed by atoms with van der Waals surface area (Å²) in [4.78, 5) is 27.5. The summed E-state index contributed by atoms with van der Waals surface area (Å²) in [6.07, 6.45) is 12.7. The normalized spacial score (nSPS) is 15.4. The van der Waals surface area contributed by atoms with E-state index in [1.165, 1.54) is 0 Å². The average molecular weight is 400 g/mol. The first kappa shape index (κ1) is 19.7. The van der Waals surface area contributed by atoms with Gasteiger partial charge in [-0.3, -0.25) is 19.7 Å². The number of hydrogen-bond donors (Lipinski definition) is 0. The molecular weight excluding hydrogens is 379 g/mol. The van der Waals surface area contributed by atoms with Crippen molar-refractivity contribution in [2.24, 2.45) is 0 Å². The minimum Gasteiger partial charge on any atom is -0.338 e. The van der Waals surface area contributed by atoms with Crippen molar-refractivity contribution >= 4 is 5.91 Å². The Hall–Kier alpha value is -3.59. The van der Waals surface area contributed by atoms with Gasteiger partial charge in [0.15, 0.2) is 0 Å². The van der Waals surface area contributed by atoms with Gasteiger partial charge in [0, 0.05) is 61.1 Å². The summed E-state index contributed by atoms with van der Waals surface area (Å²) in [6.45, 7) is 0.699. The molecule has 30 heavy (non-hydrogen) atoms. The first-order valence-electron chi connectivity index (χ1n) is 9.83. The molecule has 0 spiro atoms. The Balaban J connectivity index is 1.45. The molecule has 0 N–H and O–H groups in total. The van der Waals surface area contributed by atoms with Crippen LogP contribution in [0.1, 0.15) is 34.5 Å². The summed E-state index contributed by atoms with van der Waals surface area (Å²) in [5.74, 6) is 2.38. The number of carbonyl (C=O) groups excluding carboxylic acids is 1. The molecule has 1 saturated heterocycles. The number of hydrogen-bond acceptors (Lipinski definition) is 4. The Labute approximate surface area is 175 Å². The molecule has 3 aromatic heterocycles. The van der Waals surface area contributed by atoms with E-state index in [-0.39, 0.29) is 25.2 Å². The lowest BCUT2D eigenvalue weighted by Crippen LogP contribution is -2.45. The Morgan fingerprint density at radius 2 is 1.87 bits per heavy atom. The van der Waals surface area contributed by atoms with Crippen LogP contribution in [0, 0.1) is 12.3 Å². The number of terminal acetylenes is 1. The van der Waals surface area contributed by atoms with Crippen LogP contribution in [0.4, 0.5) is 4.39 Å². The molecule has 4 heterocycles. The zero-order chi connectivity index (χ0) is 21.0. The van der Waals surface area contributed by atoms with Gasteiger partial charge in [0.05, 0.1) is 11.3 Å². The quantitative estimate of drug-likeness (QED) is 0.627. The molecule has 6 heteroatoms. The van der Waals surface area contributed by atoms with Gasteiger partial charge in [-0.05, 0) is 49.2 Å². The van der Waals surface area contributed by atoms with Crippen molar-refractivity contribution in [3.63, 3.8) is 0 Å². The van der Waals surface area contributed by atoms with Crippen molar-refractivity contribution in [2.75, 3.05) is 13.1 Å². The number of alkyl halides is 1. The first-order chi connectivity index (χ1) is 14.6. The summed E-state index contributed by atoms with van der Waals surface area (Å²) >= 11 is 0. The molecule has 1 fully saturated rings. The van der Waals surface area contributed by atoms with Crippen molar-refractivity contribution in [1.29, 1.82) is 0 Å². The SMILES string of the molecule is C#Cc1ccc(CC2(F)CCN(C(=O)c3cccnc3-c3ccncc3)CC2)nc1. The van der Waals surface area contributed by atoms with Crippen molar-refractivity contribution < 1.29 is 9.18 Å². The standard InChI is InChI=1S/C24H21FN4O/c1-2-18-5-6-20(28-17-18)16-24(25)9-14-29(15-10-24)23(30)21-4-3-11-27-22(21)19-7-12-26-13-8-19/h1,3-8,11-13,17H,9-10,14-16H2. The number of likely N-dealkylation sites (tertiary alicyclic amines) is 1. The zero-order valence-electron chi connectivity index (χ0n) is 16.5. The highest BCUT2D eigenvalue weighted by atomic mass is 19.1. The summed E-state index contributed by atoms with van der Waals surface area (Å²) in [5.41, 5.74) is 1.91. The smallest absolute Gasteiger partial charge is 0.256 e. The molecule has 0 saturated carbocycles. The summed E-state index contributed by atoms with van der Waals surface area (Å²) < 4.78 is 15.4. The maximum atomic E-state index is 15.4. The zero-order valence-corrected chi connectivity index (χ0v) is 16.5. The van der Waals surface area contributed by atoms with E-state index in [2.05, 4.69) is 20.9 Å². The molecule has 0 atom stereocenters. The molecule has 0 aromatic carbocycles. The molecule has 0 aliphatic carbocycles. The van der Waals surface area contributed by atoms with Crippen LogP contribution in [0.3, 0.4) is 0 Å². The lowest BCUT2D eigenvalue weighted by molar-refractivity contribution is 0.0434. The first-order valence-corrected chi connectivity index (χ1v) is 9.83. The fourth-order valence-corrected chi connectivity index (χ4v) is 3.71. The fourth-order valence-electron chi connectivity index (χ4n) is 3.71. The highest BCUT2D eigenvalue weighted by Crippen LogP contribution is 2.31. The van der Waals surface area contributed by atoms with Gasteiger partial charge in [0.1, 0.15) is 5.67 Å². The van der Waals surface area contributed by atoms with Crippen LogP contribution in [0.5, 0.6) is 0 Å². The van der Waals surface area contributed by atoms with Crippen LogP contribution < -0.4 is 0 Å². The third-order valence-corrected chi connectivity index (χ3v) is 5.43. The van der Waals surface area contributed by atoms with Crippen LogP contribution in [-0.2, 0) is 6.42 Å². The largest absolute Gasteiger partial charge is 0.338 e. The molecule has 3 aromatic rings. The van der Waals surface area contributed by atoms with Gasteiger partial charge in [0.2, 0.25) is 0 Å². The monoisotopic (exact) mass is 400 g/mol. The van der Waals surface area contributed by atoms with Gasteiger partial charge in [0.25, 0.3) is 5.91 Å². The average Bonchev–Trinajstić information content (AvgIpc) is 2.80. The number of amides is 1. The Bertz CT molecular complexity index is 1070. The lowest BCUT2D eigenvalue weighted by atomic mass is 9.88. The van der Waals surface area contributed by atoms with Crippen molar-refractivity contribution in [3.8, 4) is 23.6 Å². The number of halogens is 1. The van der Waals surface area contributed by atoms with Gasteiger partial charge in [-0.15, -0.1) is 6.42 Å². The molecule has 0 bridgehead atoms. The van der Waals surface area contributed by atoms with Gasteiger partial charge in [-0.1, -0.05) is 5.92 Å². The molecule has 1 aliphatic heterocycles. The third kappa shape index (κ3) is 4.20. The number of pyridine rings is 3. The van der Waals surface area contributed by atoms with Crippen LogP contribution >= 0.6 is 0 Å². The van der Waals surface area contributed by atoms with Crippen molar-refractivity contribution in [1.82, 2.24) is 19.9 Å². The van der Waals surface area contributed by atoms with E-state index in [1.807, 2.05) is 12.1 Å². The van der Waals surface area contributed by atoms with E-state index in [0.29, 0.717) is 35.6 Å². The van der Waals surface area contributed by atoms with Gasteiger partial charge in [-0.25, -0.2) is 4.39 Å². The number of aromatic nitrogens is 3. The molecule has 1 amide bonds. The van der Waals surface area contributed by atoms with E-state index in [9.17, 15) is 4.79 Å². The van der Waals surface area contributed by atoms with E-state index in [0.717, 1.165) is 5.56 Å². The molecule has 150 valence electrons. The van der Waals surface area contributed by atoms with Crippen LogP contribution in [-0.4, -0.2) is 44.5 Å². The van der Waals surface area contributed by atoms with Crippen LogP contribution in [0.25, 0.3) is 11.3 Å². The summed E-state index contributed by atoms with van der Waals surface area (Å²) in [5, 5.41) is 0. The summed E-state index contributed by atoms with van der Waals surface area (Å²) in [6, 6.07) is 10.7. The number of nitrogens with zero attached hydrogens (tertiary/aromatic N) is 4. The Morgan fingerprint density at radius 1 is 1.10 bits per heavy atom. The number of rotatable bonds is 4. The van der Waals surface area contributed by atoms with E-state index >= 15 is 4.39 Å². The minimum absolute atomic E-state index is 0.131. The van der Waals surface area contributed by atoms with Gasteiger partial charge < -0.3 is 4.90 Å². The molecule has 0 radical (unpaired) electrons. The Kier molecular flexibility index (Phi) is 5.53. The highest BCUT2D eigenvalue weighted by molar-refractivity contribution is 5.99. The lowest BCUT2D eigenvalue weighted by Gasteiger charge is -2.36. The fraction of sp³-hybridized carbons (Fsp3) is 0.250. The molecule has 0 unspecified atom stereocenters. The van der Waals surface area contributed by atoms with Crippen LogP contribution in [0.15, 0.2) is 61.2 Å². The van der Waals surface area contributed by atoms with Gasteiger partial charge >= 0.3 is 0 Å². The van der Waals surface area contributed by atoms with E-state index < -0.39 is 5.67 Å². The summed E-state index contributed by atoms with van der Waals surface area (Å²) in [7, 11) is 0. The second-order valence-corrected chi connectivity index (χ2v) is 7.44. The molecule has 1 aliphatic rings. The topological polar surface area (TPSA) is 59.0 Å². The second kappa shape index (κ2) is 8.42. The van der Waals surface area contributed by atoms with Crippen molar-refractivity contribution in [3.05, 3.63) is 78.0 Å². The molecule has 5 nitrogen and oxygen atoms in total. The van der Waals surface area contributed by atoms with Gasteiger partial charge in [-0.2, -0.15) is 0 Å². The second-order valence-electron chi connectivity index (χ2n) is 7.44. The predicted octanol–water partition coefficient (Wildman–Crippen LogP) is 3.71. The number of piperidine rings is 1. The molecular formula is C24H21FN4O. The van der Waals surface area contributed by atoms with Crippen LogP contribution in [0.2, 0.25) is 0 Å². The maximum absolute atomic E-state index is 15.4. The number of carbonyl (C=O) groups is 1. The molecule has 4 rings (SSSR count). The van der Waals surface area contributed by atoms with Crippen molar-refractivity contribution in [2.45, 2.75) is 24.9 Å². The van der Waals surface area contributed by atoms with E-state index in [4.69, 9.17) is 6.42 Å². The third-order valence-electron chi connectivity index (χ3n) is 5.43.